The number of fused-ring (bicyclic) bond motifs is 1. The quantitative estimate of drug-likeness (QED) is 0.715. The second-order valence-corrected chi connectivity index (χ2v) is 5.60. The number of para-hydroxylation sites is 1. The van der Waals surface area contributed by atoms with Gasteiger partial charge < -0.3 is 10.7 Å². The predicted octanol–water partition coefficient (Wildman–Crippen LogP) is 4.52. The van der Waals surface area contributed by atoms with Gasteiger partial charge in [-0.1, -0.05) is 61.9 Å². The van der Waals surface area contributed by atoms with E-state index in [0.717, 1.165) is 40.7 Å². The Morgan fingerprint density at radius 1 is 1.09 bits per heavy atom. The Kier molecular flexibility index (Phi) is 4.33. The topological polar surface area (TPSA) is 62.1 Å². The molecule has 0 saturated carbocycles. The summed E-state index contributed by atoms with van der Waals surface area (Å²) in [6.45, 7) is 2.72. The van der Waals surface area contributed by atoms with Crippen LogP contribution in [0.5, 0.6) is 0 Å². The highest BCUT2D eigenvalue weighted by atomic mass is 16.2. The molecule has 23 heavy (non-hydrogen) atoms. The van der Waals surface area contributed by atoms with Crippen molar-refractivity contribution >= 4 is 22.6 Å². The first-order chi connectivity index (χ1) is 11.2. The lowest BCUT2D eigenvalue weighted by Gasteiger charge is -2.21. The van der Waals surface area contributed by atoms with Crippen LogP contribution in [-0.4, -0.2) is 17.6 Å². The van der Waals surface area contributed by atoms with Gasteiger partial charge in [-0.25, -0.2) is 4.79 Å². The number of urea groups is 1. The van der Waals surface area contributed by atoms with Crippen LogP contribution < -0.4 is 10.6 Å². The summed E-state index contributed by atoms with van der Waals surface area (Å²) in [7, 11) is 0. The summed E-state index contributed by atoms with van der Waals surface area (Å²) < 4.78 is 0. The molecule has 4 nitrogen and oxygen atoms in total. The van der Waals surface area contributed by atoms with Crippen LogP contribution in [0.4, 0.5) is 10.5 Å². The van der Waals surface area contributed by atoms with Gasteiger partial charge in [0.2, 0.25) is 0 Å². The molecule has 0 bridgehead atoms. The Balaban J connectivity index is 2.21. The molecule has 3 N–H and O–H groups in total. The van der Waals surface area contributed by atoms with Crippen LogP contribution in [0.15, 0.2) is 54.6 Å². The Morgan fingerprint density at radius 3 is 2.48 bits per heavy atom. The van der Waals surface area contributed by atoms with Gasteiger partial charge in [0.05, 0.1) is 11.4 Å². The van der Waals surface area contributed by atoms with Crippen molar-refractivity contribution in [3.05, 3.63) is 54.6 Å². The number of hydrogen-bond acceptors (Lipinski definition) is 1. The van der Waals surface area contributed by atoms with E-state index in [1.54, 1.807) is 4.90 Å². The van der Waals surface area contributed by atoms with Crippen molar-refractivity contribution in [3.63, 3.8) is 0 Å². The second-order valence-electron chi connectivity index (χ2n) is 5.60. The number of benzene rings is 2. The Labute approximate surface area is 135 Å². The third-order valence-corrected chi connectivity index (χ3v) is 4.01. The van der Waals surface area contributed by atoms with E-state index in [1.165, 1.54) is 0 Å². The van der Waals surface area contributed by atoms with E-state index < -0.39 is 6.03 Å². The number of nitrogens with two attached hydrogens (primary N) is 1. The molecule has 118 valence electrons. The molecule has 2 amide bonds. The van der Waals surface area contributed by atoms with E-state index in [-0.39, 0.29) is 0 Å². The molecule has 1 heterocycles. The monoisotopic (exact) mass is 307 g/mol. The maximum atomic E-state index is 12.1. The molecule has 0 aliphatic carbocycles. The average Bonchev–Trinajstić information content (AvgIpc) is 2.95. The van der Waals surface area contributed by atoms with Crippen molar-refractivity contribution < 1.29 is 4.79 Å². The molecule has 3 rings (SSSR count). The molecule has 3 aromatic rings. The van der Waals surface area contributed by atoms with Gasteiger partial charge >= 0.3 is 6.03 Å². The number of H-pyrrole nitrogens is 1. The molecule has 0 aliphatic rings. The van der Waals surface area contributed by atoms with Gasteiger partial charge in [0.15, 0.2) is 0 Å². The molecule has 2 aromatic carbocycles. The first-order valence-electron chi connectivity index (χ1n) is 7.95. The van der Waals surface area contributed by atoms with Gasteiger partial charge in [0.1, 0.15) is 0 Å². The zero-order chi connectivity index (χ0) is 16.2. The number of amides is 2. The van der Waals surface area contributed by atoms with E-state index in [9.17, 15) is 4.79 Å². The number of nitrogens with one attached hydrogen (secondary N) is 1. The standard InChI is InChI=1S/C19H21N3O/c1-2-3-13-22(19(20)23)18-15-11-7-8-12-16(15)21-17(18)14-9-5-4-6-10-14/h4-12,21H,2-3,13H2,1H3,(H2,20,23). The fourth-order valence-corrected chi connectivity index (χ4v) is 2.87. The number of aromatic amines is 1. The average molecular weight is 307 g/mol. The number of carbonyl (C=O) groups excluding carboxylic acids is 1. The molecule has 0 atom stereocenters. The van der Waals surface area contributed by atoms with E-state index in [2.05, 4.69) is 11.9 Å². The lowest BCUT2D eigenvalue weighted by atomic mass is 10.1. The Morgan fingerprint density at radius 2 is 1.78 bits per heavy atom. The predicted molar refractivity (Wildman–Crippen MR) is 95.6 cm³/mol. The van der Waals surface area contributed by atoms with Crippen molar-refractivity contribution in [3.8, 4) is 11.3 Å². The summed E-state index contributed by atoms with van der Waals surface area (Å²) >= 11 is 0. The lowest BCUT2D eigenvalue weighted by molar-refractivity contribution is 0.254. The maximum absolute atomic E-state index is 12.1. The number of primary amides is 1. The molecular weight excluding hydrogens is 286 g/mol. The van der Waals surface area contributed by atoms with Gasteiger partial charge in [-0.05, 0) is 12.5 Å². The number of anilines is 1. The third kappa shape index (κ3) is 2.93. The smallest absolute Gasteiger partial charge is 0.319 e. The highest BCUT2D eigenvalue weighted by Crippen LogP contribution is 2.37. The first-order valence-corrected chi connectivity index (χ1v) is 7.95. The fourth-order valence-electron chi connectivity index (χ4n) is 2.87. The van der Waals surface area contributed by atoms with Crippen LogP contribution in [-0.2, 0) is 0 Å². The molecule has 0 saturated heterocycles. The third-order valence-electron chi connectivity index (χ3n) is 4.01. The van der Waals surface area contributed by atoms with E-state index in [0.29, 0.717) is 6.54 Å². The SMILES string of the molecule is CCCCN(C(N)=O)c1c(-c2ccccc2)[nH]c2ccccc12. The first kappa shape index (κ1) is 15.2. The summed E-state index contributed by atoms with van der Waals surface area (Å²) in [5.41, 5.74) is 9.53. The second kappa shape index (κ2) is 6.57. The highest BCUT2D eigenvalue weighted by Gasteiger charge is 2.21. The number of unbranched alkanes of at least 4 members (excludes halogenated alkanes) is 1. The fraction of sp³-hybridized carbons (Fsp3) is 0.211. The largest absolute Gasteiger partial charge is 0.353 e. The zero-order valence-electron chi connectivity index (χ0n) is 13.3. The summed E-state index contributed by atoms with van der Waals surface area (Å²) in [5.74, 6) is 0. The molecule has 0 radical (unpaired) electrons. The van der Waals surface area contributed by atoms with Gasteiger partial charge in [-0.3, -0.25) is 4.90 Å². The maximum Gasteiger partial charge on any atom is 0.319 e. The van der Waals surface area contributed by atoms with Crippen molar-refractivity contribution in [2.24, 2.45) is 5.73 Å². The van der Waals surface area contributed by atoms with Crippen LogP contribution >= 0.6 is 0 Å². The number of nitrogens with zero attached hydrogens (tertiary/aromatic N) is 1. The van der Waals surface area contributed by atoms with Crippen LogP contribution in [0.3, 0.4) is 0 Å². The summed E-state index contributed by atoms with van der Waals surface area (Å²) in [6, 6.07) is 17.6. The van der Waals surface area contributed by atoms with Crippen molar-refractivity contribution in [1.29, 1.82) is 0 Å². The summed E-state index contributed by atoms with van der Waals surface area (Å²) in [6.07, 6.45) is 1.92. The Hall–Kier alpha value is -2.75. The number of aromatic nitrogens is 1. The minimum absolute atomic E-state index is 0.416. The van der Waals surface area contributed by atoms with Gasteiger partial charge in [0, 0.05) is 23.0 Å². The van der Waals surface area contributed by atoms with Crippen molar-refractivity contribution in [2.75, 3.05) is 11.4 Å². The van der Waals surface area contributed by atoms with E-state index in [1.807, 2.05) is 54.6 Å². The molecule has 0 aliphatic heterocycles. The van der Waals surface area contributed by atoms with E-state index >= 15 is 0 Å². The normalized spacial score (nSPS) is 10.8. The van der Waals surface area contributed by atoms with Crippen LogP contribution in [0, 0.1) is 0 Å². The van der Waals surface area contributed by atoms with Crippen LogP contribution in [0.1, 0.15) is 19.8 Å². The van der Waals surface area contributed by atoms with Crippen LogP contribution in [0.25, 0.3) is 22.2 Å². The van der Waals surface area contributed by atoms with Crippen LogP contribution in [0.2, 0.25) is 0 Å². The van der Waals surface area contributed by atoms with Crippen molar-refractivity contribution in [1.82, 2.24) is 4.98 Å². The number of rotatable bonds is 5. The molecule has 0 fully saturated rings. The molecule has 0 spiro atoms. The summed E-state index contributed by atoms with van der Waals surface area (Å²) in [5, 5.41) is 1.02. The summed E-state index contributed by atoms with van der Waals surface area (Å²) in [4.78, 5) is 17.2. The Bertz CT molecular complexity index is 808. The minimum Gasteiger partial charge on any atom is -0.353 e. The minimum atomic E-state index is -0.416. The van der Waals surface area contributed by atoms with Gasteiger partial charge in [-0.2, -0.15) is 0 Å². The number of hydrogen-bond donors (Lipinski definition) is 2. The van der Waals surface area contributed by atoms with Gasteiger partial charge in [0.25, 0.3) is 0 Å². The zero-order valence-corrected chi connectivity index (χ0v) is 13.3. The number of carbonyl (C=O) groups is 1. The molecular formula is C19H21N3O. The molecule has 1 aromatic heterocycles. The molecule has 4 heteroatoms. The molecule has 0 unspecified atom stereocenters. The van der Waals surface area contributed by atoms with Crippen molar-refractivity contribution in [2.45, 2.75) is 19.8 Å². The van der Waals surface area contributed by atoms with E-state index in [4.69, 9.17) is 5.73 Å². The lowest BCUT2D eigenvalue weighted by Crippen LogP contribution is -2.36. The van der Waals surface area contributed by atoms with Gasteiger partial charge in [-0.15, -0.1) is 0 Å². The highest BCUT2D eigenvalue weighted by molar-refractivity contribution is 6.08.